The molecule has 3 aromatic carbocycles. The minimum atomic E-state index is -0.851. The number of aliphatic hydroxyl groups excluding tert-OH is 2. The summed E-state index contributed by atoms with van der Waals surface area (Å²) >= 11 is 0. The van der Waals surface area contributed by atoms with Crippen LogP contribution in [0.3, 0.4) is 0 Å². The number of rotatable bonds is 11. The minimum Gasteiger partial charge on any atom is -0.454 e. The summed E-state index contributed by atoms with van der Waals surface area (Å²) in [6.07, 6.45) is -0.395. The highest BCUT2D eigenvalue weighted by Gasteiger charge is 2.37. The predicted octanol–water partition coefficient (Wildman–Crippen LogP) is 3.20. The number of nitrogens with one attached hydrogen (secondary N) is 2. The van der Waals surface area contributed by atoms with E-state index >= 15 is 0 Å². The van der Waals surface area contributed by atoms with Gasteiger partial charge in [0.25, 0.3) is 0 Å². The third-order valence-corrected chi connectivity index (χ3v) is 9.42. The number of benzene rings is 3. The molecule has 3 aliphatic rings. The molecule has 0 radical (unpaired) electrons. The molecular weight excluding hydrogens is 608 g/mol. The smallest absolute Gasteiger partial charge is 0.239 e. The lowest BCUT2D eigenvalue weighted by Gasteiger charge is -2.42. The Morgan fingerprint density at radius 1 is 0.958 bits per heavy atom. The molecule has 2 aliphatic heterocycles. The Balaban J connectivity index is 1.14. The third kappa shape index (κ3) is 8.36. The van der Waals surface area contributed by atoms with Crippen LogP contribution in [0, 0.1) is 5.92 Å². The molecule has 1 saturated heterocycles. The Morgan fingerprint density at radius 3 is 2.50 bits per heavy atom. The molecule has 0 aromatic heterocycles. The lowest BCUT2D eigenvalue weighted by Crippen LogP contribution is -2.61. The minimum absolute atomic E-state index is 0.0856. The summed E-state index contributed by atoms with van der Waals surface area (Å²) in [6, 6.07) is 22.5. The van der Waals surface area contributed by atoms with Crippen molar-refractivity contribution < 1.29 is 29.3 Å². The van der Waals surface area contributed by atoms with Crippen LogP contribution in [0.4, 0.5) is 0 Å². The standard InChI is InChI=1S/C38H48N4O6/c1-38(2,3)40-37(46)31-23-41(21-26-13-14-33-34(18-26)48-24-47-33)15-16-42(31)22-29(43)19-28(17-25-9-5-4-6-10-25)36(45)39-35-30-12-8-7-11-27(30)20-32(35)44/h4-14,18,28-29,31-32,35,43-44H,15-17,19-24H2,1-3H3,(H,39,45)(H,40,46)/t28-,29+,31+,32-,35+/m1/s1. The van der Waals surface area contributed by atoms with Gasteiger partial charge < -0.3 is 30.3 Å². The summed E-state index contributed by atoms with van der Waals surface area (Å²) in [5.74, 6) is 0.656. The number of β-amino-alcohol motifs (C(OH)–C–C–N with tert-alkyl or cyclic N) is 1. The molecular formula is C38H48N4O6. The van der Waals surface area contributed by atoms with Crippen LogP contribution in [0.1, 0.15) is 55.5 Å². The SMILES string of the molecule is CC(C)(C)NC(=O)[C@@H]1CN(Cc2ccc3c(c2)OCO3)CCN1C[C@@H](O)C[C@@H](Cc1ccccc1)C(=O)N[C@H]1c2ccccc2C[C@H]1O. The van der Waals surface area contributed by atoms with Gasteiger partial charge in [-0.2, -0.15) is 0 Å². The summed E-state index contributed by atoms with van der Waals surface area (Å²) in [5, 5.41) is 28.6. The zero-order chi connectivity index (χ0) is 33.8. The van der Waals surface area contributed by atoms with Crippen molar-refractivity contribution in [3.05, 3.63) is 95.1 Å². The van der Waals surface area contributed by atoms with Crippen LogP contribution < -0.4 is 20.1 Å². The van der Waals surface area contributed by atoms with Gasteiger partial charge in [-0.25, -0.2) is 0 Å². The predicted molar refractivity (Wildman–Crippen MR) is 182 cm³/mol. The molecule has 0 spiro atoms. The van der Waals surface area contributed by atoms with E-state index in [2.05, 4.69) is 20.4 Å². The Kier molecular flexibility index (Phi) is 10.4. The molecule has 3 aromatic rings. The van der Waals surface area contributed by atoms with Crippen molar-refractivity contribution in [3.63, 3.8) is 0 Å². The van der Waals surface area contributed by atoms with Crippen molar-refractivity contribution in [1.82, 2.24) is 20.4 Å². The van der Waals surface area contributed by atoms with E-state index in [1.165, 1.54) is 0 Å². The molecule has 2 heterocycles. The lowest BCUT2D eigenvalue weighted by molar-refractivity contribution is -0.132. The lowest BCUT2D eigenvalue weighted by atomic mass is 9.91. The first kappa shape index (κ1) is 33.9. The van der Waals surface area contributed by atoms with Crippen LogP contribution in [0.25, 0.3) is 0 Å². The summed E-state index contributed by atoms with van der Waals surface area (Å²) < 4.78 is 11.0. The average molecular weight is 657 g/mol. The quantitative estimate of drug-likeness (QED) is 0.248. The van der Waals surface area contributed by atoms with Crippen LogP contribution in [-0.2, 0) is 29.0 Å². The molecule has 1 fully saturated rings. The molecule has 0 bridgehead atoms. The van der Waals surface area contributed by atoms with Gasteiger partial charge in [0, 0.05) is 50.6 Å². The Labute approximate surface area is 283 Å². The number of aliphatic hydroxyl groups is 2. The number of carbonyl (C=O) groups excluding carboxylic acids is 2. The fraction of sp³-hybridized carbons (Fsp3) is 0.474. The number of hydrogen-bond donors (Lipinski definition) is 4. The molecule has 6 rings (SSSR count). The maximum atomic E-state index is 13.9. The first-order chi connectivity index (χ1) is 23.0. The van der Waals surface area contributed by atoms with Gasteiger partial charge in [0.05, 0.1) is 18.2 Å². The van der Waals surface area contributed by atoms with E-state index in [9.17, 15) is 19.8 Å². The molecule has 4 N–H and O–H groups in total. The van der Waals surface area contributed by atoms with E-state index in [0.29, 0.717) is 39.0 Å². The highest BCUT2D eigenvalue weighted by atomic mass is 16.7. The Hall–Kier alpha value is -3.96. The maximum Gasteiger partial charge on any atom is 0.239 e. The van der Waals surface area contributed by atoms with Gasteiger partial charge in [-0.15, -0.1) is 0 Å². The zero-order valence-electron chi connectivity index (χ0n) is 28.1. The second-order valence-electron chi connectivity index (χ2n) is 14.4. The molecule has 1 aliphatic carbocycles. The number of nitrogens with zero attached hydrogens (tertiary/aromatic N) is 2. The third-order valence-electron chi connectivity index (χ3n) is 9.42. The molecule has 2 amide bonds. The van der Waals surface area contributed by atoms with E-state index < -0.39 is 35.7 Å². The summed E-state index contributed by atoms with van der Waals surface area (Å²) in [7, 11) is 0. The zero-order valence-corrected chi connectivity index (χ0v) is 28.1. The van der Waals surface area contributed by atoms with Crippen molar-refractivity contribution in [2.75, 3.05) is 33.0 Å². The van der Waals surface area contributed by atoms with Crippen molar-refractivity contribution >= 4 is 11.8 Å². The number of hydrogen-bond acceptors (Lipinski definition) is 8. The molecule has 48 heavy (non-hydrogen) atoms. The van der Waals surface area contributed by atoms with Gasteiger partial charge >= 0.3 is 0 Å². The van der Waals surface area contributed by atoms with Gasteiger partial charge in [0.1, 0.15) is 6.04 Å². The number of carbonyl (C=O) groups is 2. The Bertz CT molecular complexity index is 1580. The van der Waals surface area contributed by atoms with Crippen molar-refractivity contribution in [2.45, 2.75) is 76.4 Å². The highest BCUT2D eigenvalue weighted by Crippen LogP contribution is 2.34. The average Bonchev–Trinajstić information content (AvgIpc) is 3.64. The topological polar surface area (TPSA) is 124 Å². The second kappa shape index (κ2) is 14.7. The van der Waals surface area contributed by atoms with Crippen molar-refractivity contribution in [3.8, 4) is 11.5 Å². The van der Waals surface area contributed by atoms with Gasteiger partial charge in [-0.05, 0) is 68.0 Å². The van der Waals surface area contributed by atoms with E-state index in [0.717, 1.165) is 33.8 Å². The number of amides is 2. The molecule has 0 saturated carbocycles. The molecule has 10 heteroatoms. The Morgan fingerprint density at radius 2 is 1.71 bits per heavy atom. The second-order valence-corrected chi connectivity index (χ2v) is 14.4. The molecule has 0 unspecified atom stereocenters. The van der Waals surface area contributed by atoms with Gasteiger partial charge in [0.2, 0.25) is 18.6 Å². The van der Waals surface area contributed by atoms with E-state index in [4.69, 9.17) is 9.47 Å². The van der Waals surface area contributed by atoms with Crippen molar-refractivity contribution in [1.29, 1.82) is 0 Å². The largest absolute Gasteiger partial charge is 0.454 e. The van der Waals surface area contributed by atoms with Crippen molar-refractivity contribution in [2.24, 2.45) is 5.92 Å². The summed E-state index contributed by atoms with van der Waals surface area (Å²) in [5.41, 5.74) is 3.63. The van der Waals surface area contributed by atoms with E-state index in [1.54, 1.807) is 0 Å². The maximum absolute atomic E-state index is 13.9. The normalized spacial score (nSPS) is 22.1. The summed E-state index contributed by atoms with van der Waals surface area (Å²) in [4.78, 5) is 31.8. The molecule has 5 atom stereocenters. The number of fused-ring (bicyclic) bond motifs is 2. The molecule has 10 nitrogen and oxygen atoms in total. The van der Waals surface area contributed by atoms with Crippen LogP contribution in [-0.4, -0.2) is 88.6 Å². The monoisotopic (exact) mass is 656 g/mol. The first-order valence-electron chi connectivity index (χ1n) is 17.0. The van der Waals surface area contributed by atoms with E-state index in [-0.39, 0.29) is 31.6 Å². The number of ether oxygens (including phenoxy) is 2. The van der Waals surface area contributed by atoms with Gasteiger partial charge in [-0.3, -0.25) is 19.4 Å². The van der Waals surface area contributed by atoms with Gasteiger partial charge in [-0.1, -0.05) is 60.7 Å². The van der Waals surface area contributed by atoms with Crippen LogP contribution in [0.15, 0.2) is 72.8 Å². The van der Waals surface area contributed by atoms with Crippen LogP contribution >= 0.6 is 0 Å². The van der Waals surface area contributed by atoms with Crippen LogP contribution in [0.5, 0.6) is 11.5 Å². The fourth-order valence-corrected chi connectivity index (χ4v) is 7.11. The highest BCUT2D eigenvalue weighted by molar-refractivity contribution is 5.83. The fourth-order valence-electron chi connectivity index (χ4n) is 7.11. The molecule has 256 valence electrons. The first-order valence-corrected chi connectivity index (χ1v) is 17.0. The van der Waals surface area contributed by atoms with Crippen LogP contribution in [0.2, 0.25) is 0 Å². The van der Waals surface area contributed by atoms with E-state index in [1.807, 2.05) is 93.6 Å². The summed E-state index contributed by atoms with van der Waals surface area (Å²) in [6.45, 7) is 8.82. The number of piperazine rings is 1. The van der Waals surface area contributed by atoms with Gasteiger partial charge in [0.15, 0.2) is 11.5 Å².